The maximum absolute atomic E-state index is 12.6. The van der Waals surface area contributed by atoms with E-state index in [0.717, 1.165) is 4.90 Å². The van der Waals surface area contributed by atoms with E-state index in [1.165, 1.54) is 37.5 Å². The van der Waals surface area contributed by atoms with Gasteiger partial charge in [0.05, 0.1) is 18.1 Å². The normalized spacial score (nSPS) is 15.3. The molecular weight excluding hydrogens is 470 g/mol. The van der Waals surface area contributed by atoms with Crippen LogP contribution in [-0.4, -0.2) is 50.2 Å². The van der Waals surface area contributed by atoms with Gasteiger partial charge in [-0.1, -0.05) is 24.3 Å². The van der Waals surface area contributed by atoms with Crippen molar-refractivity contribution in [2.75, 3.05) is 13.7 Å². The quantitative estimate of drug-likeness (QED) is 0.311. The third kappa shape index (κ3) is 5.93. The predicted molar refractivity (Wildman–Crippen MR) is 121 cm³/mol. The number of hydrogen-bond donors (Lipinski definition) is 0. The molecule has 1 saturated heterocycles. The number of nitrogens with zero attached hydrogens (tertiary/aromatic N) is 1. The van der Waals surface area contributed by atoms with E-state index in [1.807, 2.05) is 0 Å². The zero-order chi connectivity index (χ0) is 24.2. The van der Waals surface area contributed by atoms with Crippen molar-refractivity contribution in [1.29, 1.82) is 0 Å². The summed E-state index contributed by atoms with van der Waals surface area (Å²) in [7, 11) is -2.77. The van der Waals surface area contributed by atoms with E-state index in [9.17, 15) is 22.8 Å². The van der Waals surface area contributed by atoms with Gasteiger partial charge in [-0.3, -0.25) is 19.3 Å². The largest absolute Gasteiger partial charge is 0.493 e. The monoisotopic (exact) mass is 491 g/mol. The Morgan fingerprint density at radius 3 is 2.42 bits per heavy atom. The Morgan fingerprint density at radius 2 is 1.79 bits per heavy atom. The molecule has 11 heteroatoms. The van der Waals surface area contributed by atoms with Gasteiger partial charge in [-0.15, -0.1) is 0 Å². The van der Waals surface area contributed by atoms with Crippen molar-refractivity contribution in [2.45, 2.75) is 24.8 Å². The Bertz CT molecular complexity index is 1210. The number of rotatable bonds is 8. The van der Waals surface area contributed by atoms with Crippen LogP contribution in [0.3, 0.4) is 0 Å². The molecule has 0 unspecified atom stereocenters. The number of esters is 1. The third-order valence-electron chi connectivity index (χ3n) is 4.24. The van der Waals surface area contributed by atoms with Crippen molar-refractivity contribution in [1.82, 2.24) is 4.90 Å². The Balaban J connectivity index is 1.85. The fraction of sp³-hybridized carbons (Fsp3) is 0.227. The number of imide groups is 1. The lowest BCUT2D eigenvalue weighted by atomic mass is 10.2. The van der Waals surface area contributed by atoms with Gasteiger partial charge in [0.2, 0.25) is 0 Å². The number of hydrogen-bond acceptors (Lipinski definition) is 9. The molecule has 3 rings (SSSR count). The number of ether oxygens (including phenoxy) is 2. The Kier molecular flexibility index (Phi) is 7.44. The summed E-state index contributed by atoms with van der Waals surface area (Å²) < 4.78 is 40.6. The molecule has 0 spiro atoms. The molecule has 1 heterocycles. The molecule has 0 N–H and O–H groups in total. The molecule has 2 aromatic rings. The lowest BCUT2D eigenvalue weighted by Crippen LogP contribution is -2.35. The smallest absolute Gasteiger partial charge is 0.339 e. The van der Waals surface area contributed by atoms with E-state index < -0.39 is 33.8 Å². The van der Waals surface area contributed by atoms with Gasteiger partial charge in [0.25, 0.3) is 11.1 Å². The van der Waals surface area contributed by atoms with Gasteiger partial charge in [-0.05, 0) is 61.5 Å². The molecule has 2 aromatic carbocycles. The molecule has 1 aliphatic heterocycles. The van der Waals surface area contributed by atoms with Crippen LogP contribution in [0, 0.1) is 0 Å². The van der Waals surface area contributed by atoms with Crippen LogP contribution >= 0.6 is 11.8 Å². The summed E-state index contributed by atoms with van der Waals surface area (Å²) in [5, 5.41) is -0.608. The highest BCUT2D eigenvalue weighted by Gasteiger charge is 2.36. The summed E-state index contributed by atoms with van der Waals surface area (Å²) in [6, 6.07) is 12.0. The van der Waals surface area contributed by atoms with E-state index in [4.69, 9.17) is 13.7 Å². The lowest BCUT2D eigenvalue weighted by Gasteiger charge is -2.13. The highest BCUT2D eigenvalue weighted by molar-refractivity contribution is 8.18. The summed E-state index contributed by atoms with van der Waals surface area (Å²) >= 11 is 0.664. The summed E-state index contributed by atoms with van der Waals surface area (Å²) in [6.45, 7) is 2.83. The molecule has 0 aromatic heterocycles. The summed E-state index contributed by atoms with van der Waals surface area (Å²) in [5.74, 6) is -1.27. The number of methoxy groups -OCH3 is 1. The molecule has 0 radical (unpaired) electrons. The molecule has 1 fully saturated rings. The molecule has 174 valence electrons. The fourth-order valence-corrected chi connectivity index (χ4v) is 4.61. The second-order valence-electron chi connectivity index (χ2n) is 7.07. The number of carbonyl (C=O) groups excluding carboxylic acids is 3. The van der Waals surface area contributed by atoms with Crippen molar-refractivity contribution in [3.05, 3.63) is 59.0 Å². The van der Waals surface area contributed by atoms with Crippen LogP contribution in [0.15, 0.2) is 58.3 Å². The Labute approximate surface area is 195 Å². The number of amides is 2. The fourth-order valence-electron chi connectivity index (χ4n) is 2.82. The van der Waals surface area contributed by atoms with Crippen molar-refractivity contribution in [2.24, 2.45) is 0 Å². The maximum atomic E-state index is 12.6. The van der Waals surface area contributed by atoms with Crippen LogP contribution in [-0.2, 0) is 24.4 Å². The zero-order valence-electron chi connectivity index (χ0n) is 18.0. The first-order valence-corrected chi connectivity index (χ1v) is 12.0. The summed E-state index contributed by atoms with van der Waals surface area (Å²) in [5.41, 5.74) is 0.393. The van der Waals surface area contributed by atoms with Crippen LogP contribution < -0.4 is 8.92 Å². The zero-order valence-corrected chi connectivity index (χ0v) is 19.6. The van der Waals surface area contributed by atoms with Crippen LogP contribution in [0.1, 0.15) is 19.4 Å². The van der Waals surface area contributed by atoms with E-state index >= 15 is 0 Å². The van der Waals surface area contributed by atoms with Gasteiger partial charge in [0, 0.05) is 0 Å². The average Bonchev–Trinajstić information content (AvgIpc) is 3.01. The lowest BCUT2D eigenvalue weighted by molar-refractivity contribution is -0.149. The van der Waals surface area contributed by atoms with Crippen LogP contribution in [0.2, 0.25) is 0 Å². The number of thioether (sulfide) groups is 1. The second-order valence-corrected chi connectivity index (χ2v) is 9.61. The van der Waals surface area contributed by atoms with Crippen LogP contribution in [0.25, 0.3) is 6.08 Å². The first-order valence-electron chi connectivity index (χ1n) is 9.73. The van der Waals surface area contributed by atoms with Crippen molar-refractivity contribution in [3.63, 3.8) is 0 Å². The van der Waals surface area contributed by atoms with Gasteiger partial charge in [0.1, 0.15) is 11.4 Å². The third-order valence-corrected chi connectivity index (χ3v) is 6.40. The first kappa shape index (κ1) is 24.3. The van der Waals surface area contributed by atoms with E-state index in [-0.39, 0.29) is 27.4 Å². The maximum Gasteiger partial charge on any atom is 0.339 e. The van der Waals surface area contributed by atoms with Gasteiger partial charge in [-0.2, -0.15) is 8.42 Å². The van der Waals surface area contributed by atoms with Crippen LogP contribution in [0.5, 0.6) is 11.5 Å². The Hall–Kier alpha value is -3.31. The van der Waals surface area contributed by atoms with Crippen molar-refractivity contribution >= 4 is 45.1 Å². The van der Waals surface area contributed by atoms with E-state index in [0.29, 0.717) is 17.3 Å². The molecule has 0 aliphatic carbocycles. The highest BCUT2D eigenvalue weighted by atomic mass is 32.2. The van der Waals surface area contributed by atoms with Gasteiger partial charge >= 0.3 is 16.1 Å². The van der Waals surface area contributed by atoms with Crippen molar-refractivity contribution in [3.8, 4) is 11.5 Å². The second kappa shape index (κ2) is 10.1. The highest BCUT2D eigenvalue weighted by Crippen LogP contribution is 2.35. The van der Waals surface area contributed by atoms with Gasteiger partial charge < -0.3 is 13.7 Å². The predicted octanol–water partition coefficient (Wildman–Crippen LogP) is 3.45. The molecule has 0 bridgehead atoms. The molecule has 0 saturated carbocycles. The van der Waals surface area contributed by atoms with Gasteiger partial charge in [-0.25, -0.2) is 0 Å². The first-order chi connectivity index (χ1) is 15.6. The molecule has 2 amide bonds. The standard InChI is InChI=1S/C22H21NO8S2/c1-14(2)30-20(24)13-23-21(25)19(32-22(23)26)12-15-9-10-17(29-3)18(11-15)31-33(27,28)16-7-5-4-6-8-16/h4-12,14H,13H2,1-3H3/b19-12-. The molecule has 9 nitrogen and oxygen atoms in total. The number of benzene rings is 2. The van der Waals surface area contributed by atoms with E-state index in [1.54, 1.807) is 38.1 Å². The summed E-state index contributed by atoms with van der Waals surface area (Å²) in [4.78, 5) is 37.5. The Morgan fingerprint density at radius 1 is 1.09 bits per heavy atom. The average molecular weight is 492 g/mol. The summed E-state index contributed by atoms with van der Waals surface area (Å²) in [6.07, 6.45) is 1.03. The molecule has 0 atom stereocenters. The minimum atomic E-state index is -4.13. The minimum absolute atomic E-state index is 0.0353. The van der Waals surface area contributed by atoms with Gasteiger partial charge in [0.15, 0.2) is 11.5 Å². The molecular formula is C22H21NO8S2. The molecule has 33 heavy (non-hydrogen) atoms. The topological polar surface area (TPSA) is 116 Å². The SMILES string of the molecule is COc1ccc(/C=C2\SC(=O)N(CC(=O)OC(C)C)C2=O)cc1OS(=O)(=O)c1ccccc1. The van der Waals surface area contributed by atoms with E-state index in [2.05, 4.69) is 0 Å². The molecule has 1 aliphatic rings. The minimum Gasteiger partial charge on any atom is -0.493 e. The van der Waals surface area contributed by atoms with Crippen molar-refractivity contribution < 1.29 is 36.5 Å². The number of carbonyl (C=O) groups is 3. The van der Waals surface area contributed by atoms with Crippen LogP contribution in [0.4, 0.5) is 4.79 Å².